The fraction of sp³-hybridized carbons (Fsp3) is 0.500. The van der Waals surface area contributed by atoms with E-state index in [9.17, 15) is 14.4 Å². The number of hydrogen-bond acceptors (Lipinski definition) is 1. The molecule has 1 unspecified atom stereocenters. The molecule has 0 amide bonds. The van der Waals surface area contributed by atoms with Crippen LogP contribution in [0.1, 0.15) is 38.3 Å². The standard InChI is InChI=1S/C12H19O3P/c1-4-10-8-6-7-9-11(10)12(3,5-2)16(13,14)15/h6-9H,4-5H2,1-3H3,(H2,13,14,15). The van der Waals surface area contributed by atoms with Crippen LogP contribution in [0, 0.1) is 0 Å². The van der Waals surface area contributed by atoms with Crippen LogP contribution in [0.15, 0.2) is 24.3 Å². The van der Waals surface area contributed by atoms with Gasteiger partial charge in [-0.05, 0) is 30.9 Å². The largest absolute Gasteiger partial charge is 0.335 e. The molecular formula is C12H19O3P. The van der Waals surface area contributed by atoms with E-state index in [4.69, 9.17) is 0 Å². The minimum Gasteiger partial charge on any atom is -0.324 e. The van der Waals surface area contributed by atoms with Crippen molar-refractivity contribution in [3.8, 4) is 0 Å². The first kappa shape index (κ1) is 13.4. The second kappa shape index (κ2) is 4.70. The summed E-state index contributed by atoms with van der Waals surface area (Å²) in [6.45, 7) is 5.45. The summed E-state index contributed by atoms with van der Waals surface area (Å²) in [4.78, 5) is 19.0. The summed E-state index contributed by atoms with van der Waals surface area (Å²) >= 11 is 0. The van der Waals surface area contributed by atoms with Gasteiger partial charge in [0.2, 0.25) is 0 Å². The molecule has 0 spiro atoms. The first-order valence-corrected chi connectivity index (χ1v) is 7.12. The zero-order valence-corrected chi connectivity index (χ0v) is 10.9. The predicted octanol–water partition coefficient (Wildman–Crippen LogP) is 3.05. The first-order chi connectivity index (χ1) is 7.36. The van der Waals surface area contributed by atoms with Crippen LogP contribution in [0.3, 0.4) is 0 Å². The Morgan fingerprint density at radius 1 is 1.25 bits per heavy atom. The van der Waals surface area contributed by atoms with Crippen LogP contribution >= 0.6 is 7.60 Å². The highest BCUT2D eigenvalue weighted by Gasteiger charge is 2.43. The van der Waals surface area contributed by atoms with Gasteiger partial charge in [0.25, 0.3) is 0 Å². The molecule has 0 saturated carbocycles. The highest BCUT2D eigenvalue weighted by molar-refractivity contribution is 7.53. The molecule has 1 rings (SSSR count). The molecule has 1 aromatic carbocycles. The zero-order valence-electron chi connectivity index (χ0n) is 9.97. The van der Waals surface area contributed by atoms with Gasteiger partial charge in [-0.25, -0.2) is 0 Å². The average Bonchev–Trinajstić information content (AvgIpc) is 2.26. The van der Waals surface area contributed by atoms with Gasteiger partial charge in [0.1, 0.15) is 0 Å². The maximum absolute atomic E-state index is 11.6. The molecule has 0 aromatic heterocycles. The van der Waals surface area contributed by atoms with E-state index in [2.05, 4.69) is 0 Å². The van der Waals surface area contributed by atoms with Gasteiger partial charge in [0.05, 0.1) is 5.16 Å². The average molecular weight is 242 g/mol. The molecule has 3 nitrogen and oxygen atoms in total. The Hall–Kier alpha value is -0.630. The summed E-state index contributed by atoms with van der Waals surface area (Å²) in [5, 5.41) is -1.07. The molecule has 0 aliphatic carbocycles. The molecule has 0 aliphatic rings. The first-order valence-electron chi connectivity index (χ1n) is 5.50. The van der Waals surface area contributed by atoms with E-state index in [-0.39, 0.29) is 0 Å². The lowest BCUT2D eigenvalue weighted by Crippen LogP contribution is -2.22. The Balaban J connectivity index is 3.39. The van der Waals surface area contributed by atoms with Crippen molar-refractivity contribution in [1.82, 2.24) is 0 Å². The molecule has 2 N–H and O–H groups in total. The van der Waals surface area contributed by atoms with Gasteiger partial charge in [-0.3, -0.25) is 4.57 Å². The maximum Gasteiger partial charge on any atom is 0.335 e. The van der Waals surface area contributed by atoms with Crippen molar-refractivity contribution in [3.63, 3.8) is 0 Å². The van der Waals surface area contributed by atoms with Crippen molar-refractivity contribution in [1.29, 1.82) is 0 Å². The van der Waals surface area contributed by atoms with E-state index in [0.717, 1.165) is 17.5 Å². The zero-order chi connectivity index (χ0) is 12.4. The fourth-order valence-electron chi connectivity index (χ4n) is 1.91. The molecule has 0 saturated heterocycles. The lowest BCUT2D eigenvalue weighted by Gasteiger charge is -2.31. The van der Waals surface area contributed by atoms with Crippen LogP contribution in [0.2, 0.25) is 0 Å². The fourth-order valence-corrected chi connectivity index (χ4v) is 2.85. The van der Waals surface area contributed by atoms with E-state index in [0.29, 0.717) is 6.42 Å². The molecule has 1 aromatic rings. The Bertz CT molecular complexity index is 410. The number of rotatable bonds is 4. The van der Waals surface area contributed by atoms with Gasteiger partial charge < -0.3 is 9.79 Å². The summed E-state index contributed by atoms with van der Waals surface area (Å²) in [5.41, 5.74) is 1.78. The molecule has 0 heterocycles. The van der Waals surface area contributed by atoms with Gasteiger partial charge in [0, 0.05) is 0 Å². The lowest BCUT2D eigenvalue weighted by molar-refractivity contribution is 0.327. The van der Waals surface area contributed by atoms with Crippen molar-refractivity contribution in [2.75, 3.05) is 0 Å². The molecule has 4 heteroatoms. The van der Waals surface area contributed by atoms with Gasteiger partial charge in [-0.1, -0.05) is 38.1 Å². The Morgan fingerprint density at radius 2 is 1.81 bits per heavy atom. The monoisotopic (exact) mass is 242 g/mol. The normalized spacial score (nSPS) is 15.8. The molecule has 0 fully saturated rings. The van der Waals surface area contributed by atoms with Crippen molar-refractivity contribution >= 4 is 7.60 Å². The summed E-state index contributed by atoms with van der Waals surface area (Å²) in [6, 6.07) is 7.48. The van der Waals surface area contributed by atoms with E-state index >= 15 is 0 Å². The van der Waals surface area contributed by atoms with E-state index in [1.54, 1.807) is 6.92 Å². The summed E-state index contributed by atoms with van der Waals surface area (Å²) in [7, 11) is -4.15. The predicted molar refractivity (Wildman–Crippen MR) is 65.5 cm³/mol. The topological polar surface area (TPSA) is 57.5 Å². The van der Waals surface area contributed by atoms with Crippen LogP contribution in [0.4, 0.5) is 0 Å². The van der Waals surface area contributed by atoms with E-state index in [1.807, 2.05) is 38.1 Å². The van der Waals surface area contributed by atoms with Crippen molar-refractivity contribution in [2.45, 2.75) is 38.8 Å². The Labute approximate surface area is 96.7 Å². The lowest BCUT2D eigenvalue weighted by atomic mass is 9.91. The molecule has 16 heavy (non-hydrogen) atoms. The van der Waals surface area contributed by atoms with Crippen LogP contribution in [0.5, 0.6) is 0 Å². The van der Waals surface area contributed by atoms with Crippen LogP contribution in [0.25, 0.3) is 0 Å². The SMILES string of the molecule is CCc1ccccc1C(C)(CC)P(=O)(O)O. The third-order valence-electron chi connectivity index (χ3n) is 3.31. The smallest absolute Gasteiger partial charge is 0.324 e. The highest BCUT2D eigenvalue weighted by atomic mass is 31.2. The van der Waals surface area contributed by atoms with Crippen molar-refractivity contribution in [2.24, 2.45) is 0 Å². The van der Waals surface area contributed by atoms with Gasteiger partial charge in [-0.2, -0.15) is 0 Å². The van der Waals surface area contributed by atoms with Gasteiger partial charge in [-0.15, -0.1) is 0 Å². The maximum atomic E-state index is 11.6. The summed E-state index contributed by atoms with van der Waals surface area (Å²) in [6.07, 6.45) is 1.21. The number of aryl methyl sites for hydroxylation is 1. The van der Waals surface area contributed by atoms with Crippen LogP contribution in [-0.2, 0) is 16.1 Å². The minimum absolute atomic E-state index is 0.425. The van der Waals surface area contributed by atoms with Gasteiger partial charge in [0.15, 0.2) is 0 Å². The molecule has 1 atom stereocenters. The minimum atomic E-state index is -4.15. The van der Waals surface area contributed by atoms with E-state index < -0.39 is 12.8 Å². The van der Waals surface area contributed by atoms with Crippen LogP contribution < -0.4 is 0 Å². The molecular weight excluding hydrogens is 223 g/mol. The third-order valence-corrected chi connectivity index (χ3v) is 5.15. The number of hydrogen-bond donors (Lipinski definition) is 2. The van der Waals surface area contributed by atoms with E-state index in [1.165, 1.54) is 0 Å². The summed E-state index contributed by atoms with van der Waals surface area (Å²) < 4.78 is 11.6. The molecule has 90 valence electrons. The molecule has 0 aliphatic heterocycles. The highest BCUT2D eigenvalue weighted by Crippen LogP contribution is 2.59. The second-order valence-corrected chi connectivity index (χ2v) is 6.26. The van der Waals surface area contributed by atoms with Gasteiger partial charge >= 0.3 is 7.60 Å². The third kappa shape index (κ3) is 2.22. The summed E-state index contributed by atoms with van der Waals surface area (Å²) in [5.74, 6) is 0. The number of benzene rings is 1. The van der Waals surface area contributed by atoms with Crippen molar-refractivity contribution in [3.05, 3.63) is 35.4 Å². The molecule has 0 radical (unpaired) electrons. The second-order valence-electron chi connectivity index (χ2n) is 4.18. The Morgan fingerprint density at radius 3 is 2.25 bits per heavy atom. The molecule has 0 bridgehead atoms. The van der Waals surface area contributed by atoms with Crippen molar-refractivity contribution < 1.29 is 14.4 Å². The Kier molecular flexibility index (Phi) is 3.95. The van der Waals surface area contributed by atoms with Crippen LogP contribution in [-0.4, -0.2) is 9.79 Å². The quantitative estimate of drug-likeness (QED) is 0.798.